The summed E-state index contributed by atoms with van der Waals surface area (Å²) in [6, 6.07) is 7.85. The Bertz CT molecular complexity index is 577. The minimum Gasteiger partial charge on any atom is -0.493 e. The minimum absolute atomic E-state index is 0.685. The molecule has 0 aliphatic carbocycles. The highest BCUT2D eigenvalue weighted by Gasteiger charge is 2.22. The molecule has 1 aromatic carbocycles. The van der Waals surface area contributed by atoms with E-state index < -0.39 is 6.10 Å². The molecule has 100 valence electrons. The molecule has 2 aromatic rings. The Hall–Kier alpha value is -1.81. The lowest BCUT2D eigenvalue weighted by atomic mass is 9.98. The molecule has 1 atom stereocenters. The van der Waals surface area contributed by atoms with Crippen molar-refractivity contribution < 1.29 is 9.84 Å². The molecule has 1 aromatic heterocycles. The maximum atomic E-state index is 10.6. The lowest BCUT2D eigenvalue weighted by molar-refractivity contribution is 0.196. The van der Waals surface area contributed by atoms with Crippen molar-refractivity contribution in [3.63, 3.8) is 0 Å². The molecule has 1 N–H and O–H groups in total. The number of hydrogen-bond donors (Lipinski definition) is 1. The Morgan fingerprint density at radius 3 is 3.16 bits per heavy atom. The summed E-state index contributed by atoms with van der Waals surface area (Å²) in [7, 11) is 0. The predicted molar refractivity (Wildman–Crippen MR) is 72.2 cm³/mol. The number of ether oxygens (including phenoxy) is 1. The maximum absolute atomic E-state index is 10.6. The second-order valence-corrected chi connectivity index (χ2v) is 4.76. The average Bonchev–Trinajstić information content (AvgIpc) is 2.94. The number of aliphatic hydroxyl groups excluding tert-OH is 1. The molecule has 0 amide bonds. The number of aromatic nitrogens is 2. The summed E-state index contributed by atoms with van der Waals surface area (Å²) in [4.78, 5) is 0. The number of rotatable bonds is 3. The van der Waals surface area contributed by atoms with E-state index in [1.54, 1.807) is 6.20 Å². The molecule has 0 saturated carbocycles. The topological polar surface area (TPSA) is 47.3 Å². The van der Waals surface area contributed by atoms with E-state index in [0.29, 0.717) is 0 Å². The highest BCUT2D eigenvalue weighted by molar-refractivity contribution is 5.46. The molecule has 2 heterocycles. The lowest BCUT2D eigenvalue weighted by Gasteiger charge is -2.23. The normalized spacial score (nSPS) is 15.7. The molecule has 0 radical (unpaired) electrons. The third-order valence-electron chi connectivity index (χ3n) is 3.59. The van der Waals surface area contributed by atoms with Crippen molar-refractivity contribution in [3.8, 4) is 5.75 Å². The van der Waals surface area contributed by atoms with Crippen molar-refractivity contribution in [2.24, 2.45) is 0 Å². The maximum Gasteiger partial charge on any atom is 0.128 e. The molecule has 0 saturated heterocycles. The molecule has 0 fully saturated rings. The van der Waals surface area contributed by atoms with Crippen LogP contribution in [0.1, 0.15) is 36.3 Å². The van der Waals surface area contributed by atoms with E-state index in [-0.39, 0.29) is 0 Å². The zero-order valence-corrected chi connectivity index (χ0v) is 11.0. The molecule has 19 heavy (non-hydrogen) atoms. The third kappa shape index (κ3) is 2.12. The van der Waals surface area contributed by atoms with Crippen LogP contribution in [0.4, 0.5) is 0 Å². The first-order chi connectivity index (χ1) is 9.31. The average molecular weight is 258 g/mol. The number of fused-ring (bicyclic) bond motifs is 1. The van der Waals surface area contributed by atoms with Crippen LogP contribution in [0, 0.1) is 0 Å². The van der Waals surface area contributed by atoms with Crippen LogP contribution in [-0.4, -0.2) is 21.5 Å². The molecule has 0 spiro atoms. The summed E-state index contributed by atoms with van der Waals surface area (Å²) in [5, 5.41) is 14.8. The summed E-state index contributed by atoms with van der Waals surface area (Å²) in [6.07, 6.45) is 3.09. The van der Waals surface area contributed by atoms with Crippen LogP contribution < -0.4 is 4.74 Å². The Labute approximate surface area is 112 Å². The first kappa shape index (κ1) is 12.2. The van der Waals surface area contributed by atoms with Crippen molar-refractivity contribution in [2.45, 2.75) is 32.4 Å². The van der Waals surface area contributed by atoms with Gasteiger partial charge in [-0.15, -0.1) is 0 Å². The summed E-state index contributed by atoms with van der Waals surface area (Å²) in [5.41, 5.74) is 2.84. The SMILES string of the molecule is CCn1nccc1C(O)c1cccc2c1OCCC2. The van der Waals surface area contributed by atoms with Gasteiger partial charge in [-0.3, -0.25) is 4.68 Å². The lowest BCUT2D eigenvalue weighted by Crippen LogP contribution is -2.14. The largest absolute Gasteiger partial charge is 0.493 e. The molecule has 1 unspecified atom stereocenters. The van der Waals surface area contributed by atoms with Crippen molar-refractivity contribution in [3.05, 3.63) is 47.3 Å². The van der Waals surface area contributed by atoms with Gasteiger partial charge in [0.15, 0.2) is 0 Å². The predicted octanol–water partition coefficient (Wildman–Crippen LogP) is 2.31. The van der Waals surface area contributed by atoms with Crippen molar-refractivity contribution >= 4 is 0 Å². The molecule has 1 aliphatic rings. The number of benzene rings is 1. The zero-order valence-electron chi connectivity index (χ0n) is 11.0. The molecule has 4 nitrogen and oxygen atoms in total. The Morgan fingerprint density at radius 2 is 2.32 bits per heavy atom. The molecule has 4 heteroatoms. The minimum atomic E-state index is -0.685. The summed E-state index contributed by atoms with van der Waals surface area (Å²) >= 11 is 0. The van der Waals surface area contributed by atoms with Gasteiger partial charge in [0.2, 0.25) is 0 Å². The van der Waals surface area contributed by atoms with Gasteiger partial charge >= 0.3 is 0 Å². The van der Waals surface area contributed by atoms with Gasteiger partial charge in [0.1, 0.15) is 11.9 Å². The Morgan fingerprint density at radius 1 is 1.42 bits per heavy atom. The van der Waals surface area contributed by atoms with E-state index >= 15 is 0 Å². The van der Waals surface area contributed by atoms with Gasteiger partial charge in [-0.2, -0.15) is 5.10 Å². The monoisotopic (exact) mass is 258 g/mol. The van der Waals surface area contributed by atoms with Gasteiger partial charge in [-0.25, -0.2) is 0 Å². The van der Waals surface area contributed by atoms with Gasteiger partial charge in [0.05, 0.1) is 12.3 Å². The quantitative estimate of drug-likeness (QED) is 0.919. The van der Waals surface area contributed by atoms with E-state index in [2.05, 4.69) is 11.2 Å². The second kappa shape index (κ2) is 5.05. The molecule has 3 rings (SSSR count). The molecule has 0 bridgehead atoms. The standard InChI is InChI=1S/C15H18N2O2/c1-2-17-13(8-9-16-17)14(18)12-7-3-5-11-6-4-10-19-15(11)12/h3,5,7-9,14,18H,2,4,6,10H2,1H3. The molecular weight excluding hydrogens is 240 g/mol. The van der Waals surface area contributed by atoms with Crippen LogP contribution >= 0.6 is 0 Å². The van der Waals surface area contributed by atoms with Gasteiger partial charge in [0, 0.05) is 18.3 Å². The van der Waals surface area contributed by atoms with E-state index in [4.69, 9.17) is 4.74 Å². The number of aryl methyl sites for hydroxylation is 2. The van der Waals surface area contributed by atoms with Crippen LogP contribution in [0.2, 0.25) is 0 Å². The van der Waals surface area contributed by atoms with Crippen LogP contribution in [0.3, 0.4) is 0 Å². The van der Waals surface area contributed by atoms with Gasteiger partial charge in [-0.05, 0) is 31.4 Å². The van der Waals surface area contributed by atoms with Crippen molar-refractivity contribution in [1.82, 2.24) is 9.78 Å². The number of nitrogens with zero attached hydrogens (tertiary/aromatic N) is 2. The van der Waals surface area contributed by atoms with E-state index in [1.165, 1.54) is 5.56 Å². The summed E-state index contributed by atoms with van der Waals surface area (Å²) in [6.45, 7) is 3.49. The Balaban J connectivity index is 2.02. The highest BCUT2D eigenvalue weighted by atomic mass is 16.5. The fraction of sp³-hybridized carbons (Fsp3) is 0.400. The van der Waals surface area contributed by atoms with E-state index in [9.17, 15) is 5.11 Å². The summed E-state index contributed by atoms with van der Waals surface area (Å²) in [5.74, 6) is 0.852. The zero-order chi connectivity index (χ0) is 13.2. The van der Waals surface area contributed by atoms with Crippen LogP contribution in [0.15, 0.2) is 30.5 Å². The van der Waals surface area contributed by atoms with Gasteiger partial charge in [-0.1, -0.05) is 18.2 Å². The number of para-hydroxylation sites is 1. The first-order valence-electron chi connectivity index (χ1n) is 6.75. The molecule has 1 aliphatic heterocycles. The first-order valence-corrected chi connectivity index (χ1v) is 6.75. The summed E-state index contributed by atoms with van der Waals surface area (Å²) < 4.78 is 7.57. The third-order valence-corrected chi connectivity index (χ3v) is 3.59. The van der Waals surface area contributed by atoms with Gasteiger partial charge in [0.25, 0.3) is 0 Å². The fourth-order valence-corrected chi connectivity index (χ4v) is 2.63. The molecular formula is C15H18N2O2. The Kier molecular flexibility index (Phi) is 3.25. The highest BCUT2D eigenvalue weighted by Crippen LogP contribution is 2.35. The van der Waals surface area contributed by atoms with Crippen molar-refractivity contribution in [2.75, 3.05) is 6.61 Å². The smallest absolute Gasteiger partial charge is 0.128 e. The van der Waals surface area contributed by atoms with E-state index in [1.807, 2.05) is 29.8 Å². The van der Waals surface area contributed by atoms with Crippen LogP contribution in [0.25, 0.3) is 0 Å². The van der Waals surface area contributed by atoms with E-state index in [0.717, 1.165) is 43.0 Å². The fourth-order valence-electron chi connectivity index (χ4n) is 2.63. The number of hydrogen-bond acceptors (Lipinski definition) is 3. The second-order valence-electron chi connectivity index (χ2n) is 4.76. The van der Waals surface area contributed by atoms with Crippen LogP contribution in [-0.2, 0) is 13.0 Å². The van der Waals surface area contributed by atoms with Gasteiger partial charge < -0.3 is 9.84 Å². The van der Waals surface area contributed by atoms with Crippen LogP contribution in [0.5, 0.6) is 5.75 Å². The number of aliphatic hydroxyl groups is 1. The van der Waals surface area contributed by atoms with Crippen molar-refractivity contribution in [1.29, 1.82) is 0 Å².